The number of primary amides is 1. The Morgan fingerprint density at radius 1 is 1.21 bits per heavy atom. The van der Waals surface area contributed by atoms with Crippen LogP contribution in [0.4, 0.5) is 5.69 Å². The lowest BCUT2D eigenvalue weighted by molar-refractivity contribution is -0.127. The van der Waals surface area contributed by atoms with Gasteiger partial charge in [0, 0.05) is 12.6 Å². The van der Waals surface area contributed by atoms with Crippen LogP contribution in [0.1, 0.15) is 10.4 Å². The van der Waals surface area contributed by atoms with E-state index in [-0.39, 0.29) is 36.5 Å². The van der Waals surface area contributed by atoms with E-state index in [0.29, 0.717) is 17.0 Å². The van der Waals surface area contributed by atoms with Gasteiger partial charge in [0.15, 0.2) is 24.2 Å². The zero-order chi connectivity index (χ0) is 21.0. The Kier molecular flexibility index (Phi) is 5.87. The zero-order valence-electron chi connectivity index (χ0n) is 16.0. The second-order valence-corrected chi connectivity index (χ2v) is 6.22. The standard InChI is InChI=1S/C20H21N3O6/c1-22-19(25)17-10-23(13-5-3-4-6-14(13)29-17)20(26)12-7-8-15(16(9-12)27-2)28-11-18(21)24/h3-9,17H,10-11H2,1-2H3,(H2,21,24)(H,22,25)/t17-/m1/s1. The van der Waals surface area contributed by atoms with Gasteiger partial charge in [-0.2, -0.15) is 0 Å². The minimum absolute atomic E-state index is 0.0533. The van der Waals surface area contributed by atoms with Gasteiger partial charge in [-0.3, -0.25) is 14.4 Å². The Labute approximate surface area is 167 Å². The van der Waals surface area contributed by atoms with Gasteiger partial charge in [0.1, 0.15) is 5.75 Å². The van der Waals surface area contributed by atoms with E-state index in [9.17, 15) is 14.4 Å². The summed E-state index contributed by atoms with van der Waals surface area (Å²) in [5.74, 6) is -0.291. The minimum atomic E-state index is -0.834. The Morgan fingerprint density at radius 2 is 1.97 bits per heavy atom. The number of rotatable bonds is 6. The fraction of sp³-hybridized carbons (Fsp3) is 0.250. The summed E-state index contributed by atoms with van der Waals surface area (Å²) < 4.78 is 16.3. The van der Waals surface area contributed by atoms with Crippen LogP contribution < -0.4 is 30.2 Å². The zero-order valence-corrected chi connectivity index (χ0v) is 16.0. The third-order valence-electron chi connectivity index (χ3n) is 4.34. The van der Waals surface area contributed by atoms with Gasteiger partial charge in [0.25, 0.3) is 17.7 Å². The van der Waals surface area contributed by atoms with Crippen LogP contribution in [0.3, 0.4) is 0 Å². The largest absolute Gasteiger partial charge is 0.493 e. The summed E-state index contributed by atoms with van der Waals surface area (Å²) in [6, 6.07) is 11.6. The average Bonchev–Trinajstić information content (AvgIpc) is 2.75. The lowest BCUT2D eigenvalue weighted by Crippen LogP contribution is -2.50. The molecule has 0 aliphatic carbocycles. The number of ether oxygens (including phenoxy) is 3. The van der Waals surface area contributed by atoms with Crippen molar-refractivity contribution in [3.63, 3.8) is 0 Å². The summed E-state index contributed by atoms with van der Waals surface area (Å²) in [5.41, 5.74) is 5.97. The molecule has 3 rings (SSSR count). The molecule has 0 fully saturated rings. The number of nitrogens with one attached hydrogen (secondary N) is 1. The highest BCUT2D eigenvalue weighted by Gasteiger charge is 2.34. The summed E-state index contributed by atoms with van der Waals surface area (Å²) >= 11 is 0. The molecule has 1 aliphatic heterocycles. The van der Waals surface area contributed by atoms with E-state index in [2.05, 4.69) is 5.32 Å². The van der Waals surface area contributed by atoms with Crippen molar-refractivity contribution in [1.29, 1.82) is 0 Å². The molecule has 1 atom stereocenters. The summed E-state index contributed by atoms with van der Waals surface area (Å²) in [6.07, 6.45) is -0.834. The van der Waals surface area contributed by atoms with Crippen LogP contribution >= 0.6 is 0 Å². The van der Waals surface area contributed by atoms with Crippen LogP contribution in [-0.2, 0) is 9.59 Å². The van der Waals surface area contributed by atoms with Crippen LogP contribution in [0.25, 0.3) is 0 Å². The molecule has 2 aromatic rings. The van der Waals surface area contributed by atoms with E-state index in [1.165, 1.54) is 31.2 Å². The Bertz CT molecular complexity index is 946. The monoisotopic (exact) mass is 399 g/mol. The van der Waals surface area contributed by atoms with Crippen LogP contribution in [0.5, 0.6) is 17.2 Å². The lowest BCUT2D eigenvalue weighted by atomic mass is 10.1. The first kappa shape index (κ1) is 20.0. The highest BCUT2D eigenvalue weighted by atomic mass is 16.5. The molecule has 9 heteroatoms. The molecule has 1 heterocycles. The molecule has 3 N–H and O–H groups in total. The van der Waals surface area contributed by atoms with Crippen LogP contribution in [0, 0.1) is 0 Å². The van der Waals surface area contributed by atoms with Crippen LogP contribution in [0.15, 0.2) is 42.5 Å². The first-order chi connectivity index (χ1) is 13.9. The number of methoxy groups -OCH3 is 1. The number of hydrogen-bond acceptors (Lipinski definition) is 6. The number of para-hydroxylation sites is 2. The predicted octanol–water partition coefficient (Wildman–Crippen LogP) is 0.713. The SMILES string of the molecule is CNC(=O)[C@H]1CN(C(=O)c2ccc(OCC(N)=O)c(OC)c2)c2ccccc2O1. The Hall–Kier alpha value is -3.75. The molecule has 29 heavy (non-hydrogen) atoms. The van der Waals surface area contributed by atoms with Gasteiger partial charge in [-0.25, -0.2) is 0 Å². The van der Waals surface area contributed by atoms with Gasteiger partial charge < -0.3 is 30.2 Å². The van der Waals surface area contributed by atoms with Crippen molar-refractivity contribution in [3.05, 3.63) is 48.0 Å². The van der Waals surface area contributed by atoms with Crippen molar-refractivity contribution in [2.24, 2.45) is 5.73 Å². The number of carbonyl (C=O) groups excluding carboxylic acids is 3. The van der Waals surface area contributed by atoms with Gasteiger partial charge in [0.2, 0.25) is 0 Å². The number of nitrogens with zero attached hydrogens (tertiary/aromatic N) is 1. The highest BCUT2D eigenvalue weighted by Crippen LogP contribution is 2.35. The maximum atomic E-state index is 13.2. The van der Waals surface area contributed by atoms with Crippen molar-refractivity contribution in [2.75, 3.05) is 32.2 Å². The van der Waals surface area contributed by atoms with Crippen LogP contribution in [0.2, 0.25) is 0 Å². The molecule has 3 amide bonds. The van der Waals surface area contributed by atoms with E-state index in [0.717, 1.165) is 0 Å². The third kappa shape index (κ3) is 4.23. The maximum Gasteiger partial charge on any atom is 0.262 e. The molecule has 0 bridgehead atoms. The third-order valence-corrected chi connectivity index (χ3v) is 4.34. The van der Waals surface area contributed by atoms with E-state index < -0.39 is 12.0 Å². The first-order valence-electron chi connectivity index (χ1n) is 8.83. The molecule has 0 spiro atoms. The minimum Gasteiger partial charge on any atom is -0.493 e. The van der Waals surface area contributed by atoms with E-state index in [1.807, 2.05) is 0 Å². The number of fused-ring (bicyclic) bond motifs is 1. The number of likely N-dealkylation sites (N-methyl/N-ethyl adjacent to an activating group) is 1. The van der Waals surface area contributed by atoms with Gasteiger partial charge in [-0.05, 0) is 30.3 Å². The summed E-state index contributed by atoms with van der Waals surface area (Å²) in [4.78, 5) is 37.8. The summed E-state index contributed by atoms with van der Waals surface area (Å²) in [7, 11) is 2.93. The van der Waals surface area contributed by atoms with Crippen LogP contribution in [-0.4, -0.2) is 51.1 Å². The van der Waals surface area contributed by atoms with Crippen molar-refractivity contribution in [2.45, 2.75) is 6.10 Å². The van der Waals surface area contributed by atoms with E-state index in [1.54, 1.807) is 30.3 Å². The van der Waals surface area contributed by atoms with Crippen molar-refractivity contribution in [3.8, 4) is 17.2 Å². The molecule has 0 saturated carbocycles. The molecule has 0 saturated heterocycles. The van der Waals surface area contributed by atoms with Crippen molar-refractivity contribution < 1.29 is 28.6 Å². The topological polar surface area (TPSA) is 120 Å². The molecule has 1 aliphatic rings. The van der Waals surface area contributed by atoms with Gasteiger partial charge in [0.05, 0.1) is 19.3 Å². The second-order valence-electron chi connectivity index (χ2n) is 6.22. The average molecular weight is 399 g/mol. The van der Waals surface area contributed by atoms with Gasteiger partial charge in [-0.1, -0.05) is 12.1 Å². The fourth-order valence-corrected chi connectivity index (χ4v) is 2.95. The smallest absolute Gasteiger partial charge is 0.262 e. The van der Waals surface area contributed by atoms with Crippen molar-refractivity contribution >= 4 is 23.4 Å². The van der Waals surface area contributed by atoms with E-state index >= 15 is 0 Å². The number of anilines is 1. The van der Waals surface area contributed by atoms with Gasteiger partial charge in [-0.15, -0.1) is 0 Å². The Balaban J connectivity index is 1.92. The Morgan fingerprint density at radius 3 is 2.66 bits per heavy atom. The fourth-order valence-electron chi connectivity index (χ4n) is 2.95. The quantitative estimate of drug-likeness (QED) is 0.738. The molecule has 0 aromatic heterocycles. The number of nitrogens with two attached hydrogens (primary N) is 1. The second kappa shape index (κ2) is 8.51. The number of amides is 3. The van der Waals surface area contributed by atoms with E-state index in [4.69, 9.17) is 19.9 Å². The molecular weight excluding hydrogens is 378 g/mol. The molecule has 0 radical (unpaired) electrons. The molecule has 2 aromatic carbocycles. The molecule has 152 valence electrons. The number of carbonyl (C=O) groups is 3. The summed E-state index contributed by atoms with van der Waals surface area (Å²) in [5, 5.41) is 2.54. The number of hydrogen-bond donors (Lipinski definition) is 2. The highest BCUT2D eigenvalue weighted by molar-refractivity contribution is 6.08. The molecule has 0 unspecified atom stereocenters. The maximum absolute atomic E-state index is 13.2. The van der Waals surface area contributed by atoms with Crippen molar-refractivity contribution in [1.82, 2.24) is 5.32 Å². The van der Waals surface area contributed by atoms with Gasteiger partial charge >= 0.3 is 0 Å². The molecule has 9 nitrogen and oxygen atoms in total. The normalized spacial score (nSPS) is 15.0. The predicted molar refractivity (Wildman–Crippen MR) is 104 cm³/mol. The number of benzene rings is 2. The molecular formula is C20H21N3O6. The first-order valence-corrected chi connectivity index (χ1v) is 8.83. The summed E-state index contributed by atoms with van der Waals surface area (Å²) in [6.45, 7) is -0.258. The lowest BCUT2D eigenvalue weighted by Gasteiger charge is -2.34.